The van der Waals surface area contributed by atoms with Gasteiger partial charge in [0.2, 0.25) is 0 Å². The van der Waals surface area contributed by atoms with E-state index in [-0.39, 0.29) is 11.7 Å². The first kappa shape index (κ1) is 14.4. The predicted octanol–water partition coefficient (Wildman–Crippen LogP) is 3.80. The van der Waals surface area contributed by atoms with E-state index in [0.717, 1.165) is 25.2 Å². The number of hydrogen-bond donors (Lipinski definition) is 1. The Morgan fingerprint density at radius 3 is 2.90 bits per heavy atom. The molecule has 1 aromatic carbocycles. The van der Waals surface area contributed by atoms with Crippen LogP contribution in [0.5, 0.6) is 0 Å². The minimum atomic E-state index is -0.207. The van der Waals surface area contributed by atoms with E-state index < -0.39 is 0 Å². The zero-order valence-electron chi connectivity index (χ0n) is 12.2. The van der Waals surface area contributed by atoms with E-state index in [2.05, 4.69) is 31.2 Å². The summed E-state index contributed by atoms with van der Waals surface area (Å²) in [6.45, 7) is 2.96. The number of aliphatic hydroxyl groups is 1. The fourth-order valence-corrected chi connectivity index (χ4v) is 4.44. The van der Waals surface area contributed by atoms with E-state index in [1.54, 1.807) is 11.8 Å². The van der Waals surface area contributed by atoms with Gasteiger partial charge in [-0.1, -0.05) is 18.2 Å². The standard InChI is InChI=1S/C17H24O2S/c1-13-5-2-3-6-16(13)20-12-15(18)14-7-10-19-17(11-14)8-4-9-17/h2-3,5-6,14-15,18H,4,7-12H2,1H3. The second-order valence-corrected chi connectivity index (χ2v) is 7.34. The molecule has 1 spiro atoms. The molecule has 0 bridgehead atoms. The Hall–Kier alpha value is -0.510. The Balaban J connectivity index is 1.54. The van der Waals surface area contributed by atoms with Gasteiger partial charge in [-0.2, -0.15) is 0 Å². The van der Waals surface area contributed by atoms with Crippen LogP contribution < -0.4 is 0 Å². The van der Waals surface area contributed by atoms with Gasteiger partial charge in [0.25, 0.3) is 0 Å². The zero-order valence-corrected chi connectivity index (χ0v) is 13.0. The van der Waals surface area contributed by atoms with Crippen LogP contribution in [0.1, 0.15) is 37.7 Å². The van der Waals surface area contributed by atoms with Crippen LogP contribution in [0.25, 0.3) is 0 Å². The van der Waals surface area contributed by atoms with Crippen molar-refractivity contribution in [2.45, 2.75) is 55.6 Å². The quantitative estimate of drug-likeness (QED) is 0.856. The van der Waals surface area contributed by atoms with Crippen molar-refractivity contribution < 1.29 is 9.84 Å². The molecule has 3 heteroatoms. The summed E-state index contributed by atoms with van der Waals surface area (Å²) in [5, 5.41) is 10.5. The van der Waals surface area contributed by atoms with Crippen molar-refractivity contribution in [1.29, 1.82) is 0 Å². The van der Waals surface area contributed by atoms with Gasteiger partial charge in [0.1, 0.15) is 0 Å². The molecule has 3 rings (SSSR count). The first-order valence-corrected chi connectivity index (χ1v) is 8.68. The van der Waals surface area contributed by atoms with Crippen molar-refractivity contribution in [3.8, 4) is 0 Å². The molecule has 20 heavy (non-hydrogen) atoms. The average molecular weight is 292 g/mol. The average Bonchev–Trinajstić information content (AvgIpc) is 2.44. The lowest BCUT2D eigenvalue weighted by Gasteiger charge is -2.48. The predicted molar refractivity (Wildman–Crippen MR) is 83.2 cm³/mol. The van der Waals surface area contributed by atoms with Gasteiger partial charge in [0.15, 0.2) is 0 Å². The fourth-order valence-electron chi connectivity index (χ4n) is 3.34. The molecule has 1 N–H and O–H groups in total. The van der Waals surface area contributed by atoms with Crippen molar-refractivity contribution in [3.63, 3.8) is 0 Å². The smallest absolute Gasteiger partial charge is 0.0686 e. The second-order valence-electron chi connectivity index (χ2n) is 6.28. The maximum absolute atomic E-state index is 10.5. The lowest BCUT2D eigenvalue weighted by Crippen LogP contribution is -2.48. The minimum absolute atomic E-state index is 0.136. The summed E-state index contributed by atoms with van der Waals surface area (Å²) in [7, 11) is 0. The maximum atomic E-state index is 10.5. The van der Waals surface area contributed by atoms with Crippen LogP contribution in [0.2, 0.25) is 0 Å². The lowest BCUT2D eigenvalue weighted by atomic mass is 9.71. The van der Waals surface area contributed by atoms with Crippen LogP contribution >= 0.6 is 11.8 Å². The van der Waals surface area contributed by atoms with E-state index in [4.69, 9.17) is 4.74 Å². The molecule has 1 aliphatic carbocycles. The Labute approximate surface area is 125 Å². The summed E-state index contributed by atoms with van der Waals surface area (Å²) in [5.41, 5.74) is 1.43. The van der Waals surface area contributed by atoms with E-state index >= 15 is 0 Å². The number of ether oxygens (including phenoxy) is 1. The molecular formula is C17H24O2S. The Morgan fingerprint density at radius 2 is 2.20 bits per heavy atom. The van der Waals surface area contributed by atoms with Crippen molar-refractivity contribution >= 4 is 11.8 Å². The summed E-state index contributed by atoms with van der Waals surface area (Å²) in [6, 6.07) is 8.41. The van der Waals surface area contributed by atoms with Gasteiger partial charge in [-0.05, 0) is 56.6 Å². The number of benzene rings is 1. The van der Waals surface area contributed by atoms with Crippen LogP contribution in [-0.4, -0.2) is 29.2 Å². The highest BCUT2D eigenvalue weighted by Crippen LogP contribution is 2.45. The van der Waals surface area contributed by atoms with E-state index in [1.807, 2.05) is 0 Å². The molecule has 2 nitrogen and oxygen atoms in total. The number of aryl methyl sites for hydroxylation is 1. The number of rotatable bonds is 4. The van der Waals surface area contributed by atoms with Crippen LogP contribution in [0.4, 0.5) is 0 Å². The third-order valence-electron chi connectivity index (χ3n) is 4.84. The highest BCUT2D eigenvalue weighted by Gasteiger charge is 2.43. The molecule has 2 aliphatic rings. The Morgan fingerprint density at radius 1 is 1.40 bits per heavy atom. The van der Waals surface area contributed by atoms with Crippen molar-refractivity contribution in [2.75, 3.05) is 12.4 Å². The first-order valence-electron chi connectivity index (χ1n) is 7.69. The molecule has 1 saturated carbocycles. The fraction of sp³-hybridized carbons (Fsp3) is 0.647. The van der Waals surface area contributed by atoms with Gasteiger partial charge in [-0.15, -0.1) is 11.8 Å². The molecule has 0 radical (unpaired) electrons. The number of hydrogen-bond acceptors (Lipinski definition) is 3. The van der Waals surface area contributed by atoms with Crippen molar-refractivity contribution in [2.24, 2.45) is 5.92 Å². The Bertz CT molecular complexity index is 456. The molecule has 1 aliphatic heterocycles. The molecule has 1 aromatic rings. The van der Waals surface area contributed by atoms with Crippen molar-refractivity contribution in [1.82, 2.24) is 0 Å². The SMILES string of the molecule is Cc1ccccc1SCC(O)C1CCOC2(CCC2)C1. The first-order chi connectivity index (χ1) is 9.69. The van der Waals surface area contributed by atoms with E-state index in [0.29, 0.717) is 5.92 Å². The third kappa shape index (κ3) is 3.05. The zero-order chi connectivity index (χ0) is 14.0. The molecule has 0 amide bonds. The summed E-state index contributed by atoms with van der Waals surface area (Å²) in [5.74, 6) is 1.21. The lowest BCUT2D eigenvalue weighted by molar-refractivity contribution is -0.154. The number of thioether (sulfide) groups is 1. The van der Waals surface area contributed by atoms with Crippen LogP contribution in [0.3, 0.4) is 0 Å². The maximum Gasteiger partial charge on any atom is 0.0686 e. The summed E-state index contributed by atoms with van der Waals surface area (Å²) >= 11 is 1.78. The third-order valence-corrected chi connectivity index (χ3v) is 6.12. The van der Waals surface area contributed by atoms with Crippen LogP contribution in [-0.2, 0) is 4.74 Å². The summed E-state index contributed by atoms with van der Waals surface area (Å²) in [4.78, 5) is 1.29. The molecule has 2 atom stereocenters. The van der Waals surface area contributed by atoms with Gasteiger partial charge >= 0.3 is 0 Å². The number of aliphatic hydroxyl groups excluding tert-OH is 1. The largest absolute Gasteiger partial charge is 0.392 e. The van der Waals surface area contributed by atoms with Crippen LogP contribution in [0, 0.1) is 12.8 Å². The molecule has 1 saturated heterocycles. The van der Waals surface area contributed by atoms with Gasteiger partial charge < -0.3 is 9.84 Å². The van der Waals surface area contributed by atoms with Crippen molar-refractivity contribution in [3.05, 3.63) is 29.8 Å². The van der Waals surface area contributed by atoms with Crippen LogP contribution in [0.15, 0.2) is 29.2 Å². The van der Waals surface area contributed by atoms with E-state index in [1.165, 1.54) is 29.7 Å². The van der Waals surface area contributed by atoms with E-state index in [9.17, 15) is 5.11 Å². The van der Waals surface area contributed by atoms with Gasteiger partial charge in [0.05, 0.1) is 11.7 Å². The monoisotopic (exact) mass is 292 g/mol. The molecule has 1 heterocycles. The molecule has 2 fully saturated rings. The highest BCUT2D eigenvalue weighted by molar-refractivity contribution is 7.99. The normalized spacial score (nSPS) is 26.2. The molecule has 110 valence electrons. The molecular weight excluding hydrogens is 268 g/mol. The second kappa shape index (κ2) is 6.08. The Kier molecular flexibility index (Phi) is 4.39. The highest BCUT2D eigenvalue weighted by atomic mass is 32.2. The minimum Gasteiger partial charge on any atom is -0.392 e. The summed E-state index contributed by atoms with van der Waals surface area (Å²) < 4.78 is 5.95. The van der Waals surface area contributed by atoms with Gasteiger partial charge in [0, 0.05) is 17.3 Å². The topological polar surface area (TPSA) is 29.5 Å². The van der Waals surface area contributed by atoms with Gasteiger partial charge in [-0.3, -0.25) is 0 Å². The van der Waals surface area contributed by atoms with Gasteiger partial charge in [-0.25, -0.2) is 0 Å². The summed E-state index contributed by atoms with van der Waals surface area (Å²) in [6.07, 6.45) is 5.55. The molecule has 0 aromatic heterocycles. The molecule has 2 unspecified atom stereocenters.